The molecule has 2 saturated heterocycles. The normalized spacial score (nSPS) is 24.0. The minimum atomic E-state index is 0.190. The van der Waals surface area contributed by atoms with Gasteiger partial charge in [0.05, 0.1) is 13.4 Å². The summed E-state index contributed by atoms with van der Waals surface area (Å²) in [5, 5.41) is 3.29. The van der Waals surface area contributed by atoms with Gasteiger partial charge in [0.1, 0.15) is 6.73 Å². The zero-order valence-corrected chi connectivity index (χ0v) is 14.4. The molecule has 1 N–H and O–H groups in total. The molecule has 0 aromatic heterocycles. The second kappa shape index (κ2) is 6.97. The zero-order chi connectivity index (χ0) is 14.6. The number of rotatable bonds is 5. The Hall–Kier alpha value is 0.190. The van der Waals surface area contributed by atoms with Crippen LogP contribution in [0.25, 0.3) is 0 Å². The van der Waals surface area contributed by atoms with Crippen molar-refractivity contribution in [2.75, 3.05) is 44.7 Å². The van der Waals surface area contributed by atoms with Crippen LogP contribution in [-0.2, 0) is 4.74 Å². The summed E-state index contributed by atoms with van der Waals surface area (Å²) in [5.74, 6) is 2.58. The van der Waals surface area contributed by atoms with E-state index in [0.29, 0.717) is 12.3 Å². The molecule has 0 radical (unpaired) electrons. The molecule has 2 fully saturated rings. The molecule has 2 aliphatic rings. The van der Waals surface area contributed by atoms with Gasteiger partial charge in [-0.05, 0) is 40.5 Å². The Labute approximate surface area is 128 Å². The van der Waals surface area contributed by atoms with E-state index in [2.05, 4.69) is 54.6 Å². The van der Waals surface area contributed by atoms with Gasteiger partial charge in [-0.1, -0.05) is 0 Å². The molecule has 5 heteroatoms. The van der Waals surface area contributed by atoms with E-state index in [1.807, 2.05) is 0 Å². The number of nitrogens with one attached hydrogen (secondary N) is 1. The number of ether oxygens (including phenoxy) is 1. The van der Waals surface area contributed by atoms with Crippen LogP contribution < -0.4 is 5.32 Å². The van der Waals surface area contributed by atoms with Crippen LogP contribution in [0.4, 0.5) is 0 Å². The van der Waals surface area contributed by atoms with Crippen LogP contribution in [0, 0.1) is 0 Å². The van der Waals surface area contributed by atoms with Crippen molar-refractivity contribution in [1.82, 2.24) is 15.1 Å². The van der Waals surface area contributed by atoms with E-state index >= 15 is 0 Å². The maximum Gasteiger partial charge on any atom is 0.102 e. The van der Waals surface area contributed by atoms with E-state index in [-0.39, 0.29) is 5.54 Å². The largest absolute Gasteiger partial charge is 0.351 e. The topological polar surface area (TPSA) is 27.7 Å². The average molecular weight is 302 g/mol. The number of hydrogen-bond donors (Lipinski definition) is 1. The average Bonchev–Trinajstić information content (AvgIpc) is 2.47. The zero-order valence-electron chi connectivity index (χ0n) is 13.6. The SMILES string of the molecule is CC(C)(CCC(C)(C)N1CNCOC1)N1CCSCC1. The summed E-state index contributed by atoms with van der Waals surface area (Å²) < 4.78 is 5.52. The lowest BCUT2D eigenvalue weighted by atomic mass is 9.87. The molecular weight excluding hydrogens is 270 g/mol. The summed E-state index contributed by atoms with van der Waals surface area (Å²) >= 11 is 2.09. The van der Waals surface area contributed by atoms with Gasteiger partial charge in [0.25, 0.3) is 0 Å². The number of hydrogen-bond acceptors (Lipinski definition) is 5. The molecule has 2 heterocycles. The number of thioether (sulfide) groups is 1. The molecule has 0 atom stereocenters. The first-order chi connectivity index (χ1) is 9.42. The third-order valence-corrected chi connectivity index (χ3v) is 5.77. The highest BCUT2D eigenvalue weighted by Gasteiger charge is 2.33. The van der Waals surface area contributed by atoms with Crippen LogP contribution in [0.3, 0.4) is 0 Å². The highest BCUT2D eigenvalue weighted by molar-refractivity contribution is 7.99. The Morgan fingerprint density at radius 2 is 1.60 bits per heavy atom. The summed E-state index contributed by atoms with van der Waals surface area (Å²) in [6, 6.07) is 0. The van der Waals surface area contributed by atoms with Crippen LogP contribution in [0.2, 0.25) is 0 Å². The predicted molar refractivity (Wildman–Crippen MR) is 87.0 cm³/mol. The van der Waals surface area contributed by atoms with Crippen molar-refractivity contribution in [1.29, 1.82) is 0 Å². The van der Waals surface area contributed by atoms with Gasteiger partial charge < -0.3 is 4.74 Å². The lowest BCUT2D eigenvalue weighted by Gasteiger charge is -2.45. The van der Waals surface area contributed by atoms with Crippen molar-refractivity contribution in [2.24, 2.45) is 0 Å². The molecule has 0 amide bonds. The molecular formula is C15H31N3OS. The Morgan fingerprint density at radius 1 is 1.00 bits per heavy atom. The maximum absolute atomic E-state index is 5.52. The Kier molecular flexibility index (Phi) is 5.77. The van der Waals surface area contributed by atoms with Crippen LogP contribution in [0.1, 0.15) is 40.5 Å². The third-order valence-electron chi connectivity index (χ3n) is 4.83. The first-order valence-electron chi connectivity index (χ1n) is 7.78. The minimum absolute atomic E-state index is 0.190. The second-order valence-electron chi connectivity index (χ2n) is 7.15. The summed E-state index contributed by atoms with van der Waals surface area (Å²) in [6.07, 6.45) is 2.44. The van der Waals surface area contributed by atoms with Crippen molar-refractivity contribution >= 4 is 11.8 Å². The summed E-state index contributed by atoms with van der Waals surface area (Å²) in [5.41, 5.74) is 0.498. The molecule has 4 nitrogen and oxygen atoms in total. The third kappa shape index (κ3) is 4.34. The fourth-order valence-corrected chi connectivity index (χ4v) is 3.84. The molecule has 118 valence electrons. The molecule has 0 aromatic rings. The summed E-state index contributed by atoms with van der Waals surface area (Å²) in [4.78, 5) is 5.07. The van der Waals surface area contributed by atoms with E-state index in [0.717, 1.165) is 13.4 Å². The van der Waals surface area contributed by atoms with Crippen LogP contribution >= 0.6 is 11.8 Å². The van der Waals surface area contributed by atoms with E-state index in [1.54, 1.807) is 0 Å². The Balaban J connectivity index is 1.85. The smallest absolute Gasteiger partial charge is 0.102 e. The lowest BCUT2D eigenvalue weighted by molar-refractivity contribution is -0.0823. The van der Waals surface area contributed by atoms with E-state index in [4.69, 9.17) is 4.74 Å². The number of nitrogens with zero attached hydrogens (tertiary/aromatic N) is 2. The Bertz CT molecular complexity index is 267. The predicted octanol–water partition coefficient (Wildman–Crippen LogP) is 2.17. The van der Waals surface area contributed by atoms with Crippen molar-refractivity contribution in [3.05, 3.63) is 0 Å². The minimum Gasteiger partial charge on any atom is -0.351 e. The monoisotopic (exact) mass is 301 g/mol. The summed E-state index contributed by atoms with van der Waals surface area (Å²) in [7, 11) is 0. The van der Waals surface area contributed by atoms with Gasteiger partial charge >= 0.3 is 0 Å². The van der Waals surface area contributed by atoms with Crippen molar-refractivity contribution in [2.45, 2.75) is 51.6 Å². The lowest BCUT2D eigenvalue weighted by Crippen LogP contribution is -2.55. The van der Waals surface area contributed by atoms with Crippen molar-refractivity contribution in [3.8, 4) is 0 Å². The molecule has 0 saturated carbocycles. The van der Waals surface area contributed by atoms with Gasteiger partial charge in [-0.3, -0.25) is 15.1 Å². The quantitative estimate of drug-likeness (QED) is 0.840. The highest BCUT2D eigenvalue weighted by Crippen LogP contribution is 2.29. The first kappa shape index (κ1) is 16.6. The molecule has 2 aliphatic heterocycles. The molecule has 0 aliphatic carbocycles. The van der Waals surface area contributed by atoms with Crippen LogP contribution in [0.15, 0.2) is 0 Å². The van der Waals surface area contributed by atoms with Gasteiger partial charge in [-0.2, -0.15) is 11.8 Å². The maximum atomic E-state index is 5.52. The Morgan fingerprint density at radius 3 is 2.15 bits per heavy atom. The fraction of sp³-hybridized carbons (Fsp3) is 1.00. The van der Waals surface area contributed by atoms with E-state index < -0.39 is 0 Å². The fourth-order valence-electron chi connectivity index (χ4n) is 2.94. The van der Waals surface area contributed by atoms with Gasteiger partial charge in [0.15, 0.2) is 0 Å². The van der Waals surface area contributed by atoms with Crippen molar-refractivity contribution in [3.63, 3.8) is 0 Å². The summed E-state index contributed by atoms with van der Waals surface area (Å²) in [6.45, 7) is 14.3. The molecule has 2 rings (SSSR count). The molecule has 0 aromatic carbocycles. The molecule has 0 unspecified atom stereocenters. The molecule has 0 bridgehead atoms. The van der Waals surface area contributed by atoms with Crippen molar-refractivity contribution < 1.29 is 4.74 Å². The van der Waals surface area contributed by atoms with Gasteiger partial charge in [0.2, 0.25) is 0 Å². The standard InChI is InChI=1S/C15H31N3OS/c1-14(2,17-7-9-20-10-8-17)5-6-15(3,4)18-11-16-12-19-13-18/h16H,5-13H2,1-4H3. The van der Waals surface area contributed by atoms with E-state index in [1.165, 1.54) is 37.4 Å². The van der Waals surface area contributed by atoms with E-state index in [9.17, 15) is 0 Å². The highest BCUT2D eigenvalue weighted by atomic mass is 32.2. The van der Waals surface area contributed by atoms with Gasteiger partial charge in [0, 0.05) is 35.7 Å². The molecule has 0 spiro atoms. The first-order valence-corrected chi connectivity index (χ1v) is 8.94. The van der Waals surface area contributed by atoms with Crippen LogP contribution in [0.5, 0.6) is 0 Å². The van der Waals surface area contributed by atoms with Gasteiger partial charge in [-0.15, -0.1) is 0 Å². The van der Waals surface area contributed by atoms with Crippen LogP contribution in [-0.4, -0.2) is 65.6 Å². The molecule has 20 heavy (non-hydrogen) atoms. The second-order valence-corrected chi connectivity index (χ2v) is 8.37. The van der Waals surface area contributed by atoms with Gasteiger partial charge in [-0.25, -0.2) is 0 Å².